The average molecular weight is 233 g/mol. The van der Waals surface area contributed by atoms with Crippen LogP contribution in [-0.2, 0) is 6.54 Å². The highest BCUT2D eigenvalue weighted by atomic mass is 16.5. The molecule has 4 nitrogen and oxygen atoms in total. The quantitative estimate of drug-likeness (QED) is 0.863. The highest BCUT2D eigenvalue weighted by Gasteiger charge is 2.07. The maximum Gasteiger partial charge on any atom is 0.156 e. The third kappa shape index (κ3) is 2.97. The molecule has 0 amide bonds. The summed E-state index contributed by atoms with van der Waals surface area (Å²) in [5.41, 5.74) is 8.16. The smallest absolute Gasteiger partial charge is 0.156 e. The largest absolute Gasteiger partial charge is 0.359 e. The van der Waals surface area contributed by atoms with Gasteiger partial charge in [0.05, 0.1) is 12.2 Å². The molecule has 92 valence electrons. The Morgan fingerprint density at radius 2 is 2.35 bits per heavy atom. The molecule has 17 heavy (non-hydrogen) atoms. The molecule has 0 fully saturated rings. The zero-order chi connectivity index (χ0) is 12.3. The molecule has 0 aliphatic heterocycles. The SMILES string of the molecule is CCCC(N)c1ccn(Cc2cc(C)no2)c1. The van der Waals surface area contributed by atoms with Crippen molar-refractivity contribution in [1.29, 1.82) is 0 Å². The lowest BCUT2D eigenvalue weighted by Gasteiger charge is -2.07. The Kier molecular flexibility index (Phi) is 3.64. The Balaban J connectivity index is 2.03. The van der Waals surface area contributed by atoms with Gasteiger partial charge in [-0.3, -0.25) is 0 Å². The van der Waals surface area contributed by atoms with Crippen LogP contribution in [0.2, 0.25) is 0 Å². The molecule has 0 spiro atoms. The molecule has 0 bridgehead atoms. The minimum absolute atomic E-state index is 0.137. The molecule has 1 atom stereocenters. The van der Waals surface area contributed by atoms with Crippen molar-refractivity contribution >= 4 is 0 Å². The molecule has 2 aromatic rings. The third-order valence-corrected chi connectivity index (χ3v) is 2.82. The number of hydrogen-bond donors (Lipinski definition) is 1. The standard InChI is InChI=1S/C13H19N3O/c1-3-4-13(14)11-5-6-16(8-11)9-12-7-10(2)15-17-12/h5-8,13H,3-4,9,14H2,1-2H3. The van der Waals surface area contributed by atoms with Crippen LogP contribution >= 0.6 is 0 Å². The van der Waals surface area contributed by atoms with E-state index in [1.807, 2.05) is 19.2 Å². The molecule has 0 aromatic carbocycles. The Hall–Kier alpha value is -1.55. The first-order chi connectivity index (χ1) is 8.19. The molecule has 2 rings (SSSR count). The number of rotatable bonds is 5. The molecular formula is C13H19N3O. The minimum atomic E-state index is 0.137. The van der Waals surface area contributed by atoms with Crippen LogP contribution in [-0.4, -0.2) is 9.72 Å². The second-order valence-corrected chi connectivity index (χ2v) is 4.45. The lowest BCUT2D eigenvalue weighted by atomic mass is 10.1. The van der Waals surface area contributed by atoms with Crippen molar-refractivity contribution in [3.8, 4) is 0 Å². The van der Waals surface area contributed by atoms with E-state index in [0.717, 1.165) is 24.3 Å². The summed E-state index contributed by atoms with van der Waals surface area (Å²) in [4.78, 5) is 0. The van der Waals surface area contributed by atoms with E-state index in [9.17, 15) is 0 Å². The highest BCUT2D eigenvalue weighted by Crippen LogP contribution is 2.16. The highest BCUT2D eigenvalue weighted by molar-refractivity contribution is 5.16. The van der Waals surface area contributed by atoms with Gasteiger partial charge in [0.15, 0.2) is 5.76 Å². The maximum absolute atomic E-state index is 6.07. The van der Waals surface area contributed by atoms with E-state index in [-0.39, 0.29) is 6.04 Å². The van der Waals surface area contributed by atoms with Crippen LogP contribution in [0.15, 0.2) is 29.0 Å². The van der Waals surface area contributed by atoms with Crippen molar-refractivity contribution in [1.82, 2.24) is 9.72 Å². The van der Waals surface area contributed by atoms with E-state index < -0.39 is 0 Å². The molecule has 0 saturated carbocycles. The van der Waals surface area contributed by atoms with Crippen LogP contribution in [0.1, 0.15) is 42.8 Å². The Morgan fingerprint density at radius 3 is 3.00 bits per heavy atom. The molecule has 4 heteroatoms. The summed E-state index contributed by atoms with van der Waals surface area (Å²) in [6.45, 7) is 4.78. The summed E-state index contributed by atoms with van der Waals surface area (Å²) in [6, 6.07) is 4.16. The first-order valence-electron chi connectivity index (χ1n) is 6.02. The molecule has 2 aromatic heterocycles. The summed E-state index contributed by atoms with van der Waals surface area (Å²) in [5, 5.41) is 3.87. The summed E-state index contributed by atoms with van der Waals surface area (Å²) in [7, 11) is 0. The van der Waals surface area contributed by atoms with E-state index in [4.69, 9.17) is 10.3 Å². The van der Waals surface area contributed by atoms with Crippen LogP contribution in [0.3, 0.4) is 0 Å². The van der Waals surface area contributed by atoms with E-state index in [2.05, 4.69) is 28.9 Å². The fourth-order valence-electron chi connectivity index (χ4n) is 1.93. The summed E-state index contributed by atoms with van der Waals surface area (Å²) >= 11 is 0. The Morgan fingerprint density at radius 1 is 1.53 bits per heavy atom. The maximum atomic E-state index is 6.07. The van der Waals surface area contributed by atoms with Gasteiger partial charge >= 0.3 is 0 Å². The summed E-state index contributed by atoms with van der Waals surface area (Å²) in [5.74, 6) is 0.869. The van der Waals surface area contributed by atoms with Crippen molar-refractivity contribution in [3.63, 3.8) is 0 Å². The van der Waals surface area contributed by atoms with E-state index in [1.165, 1.54) is 5.56 Å². The lowest BCUT2D eigenvalue weighted by Crippen LogP contribution is -2.08. The van der Waals surface area contributed by atoms with Gasteiger partial charge in [-0.1, -0.05) is 18.5 Å². The minimum Gasteiger partial charge on any atom is -0.359 e. The van der Waals surface area contributed by atoms with Gasteiger partial charge in [-0.15, -0.1) is 0 Å². The van der Waals surface area contributed by atoms with Gasteiger partial charge < -0.3 is 14.8 Å². The van der Waals surface area contributed by atoms with Gasteiger partial charge in [-0.2, -0.15) is 0 Å². The lowest BCUT2D eigenvalue weighted by molar-refractivity contribution is 0.373. The van der Waals surface area contributed by atoms with E-state index >= 15 is 0 Å². The summed E-state index contributed by atoms with van der Waals surface area (Å²) in [6.07, 6.45) is 6.24. The second kappa shape index (κ2) is 5.19. The van der Waals surface area contributed by atoms with Crippen molar-refractivity contribution in [2.45, 2.75) is 39.3 Å². The number of hydrogen-bond acceptors (Lipinski definition) is 3. The van der Waals surface area contributed by atoms with Crippen LogP contribution in [0.4, 0.5) is 0 Å². The molecule has 0 saturated heterocycles. The van der Waals surface area contributed by atoms with Crippen LogP contribution in [0, 0.1) is 6.92 Å². The monoisotopic (exact) mass is 233 g/mol. The van der Waals surface area contributed by atoms with Crippen molar-refractivity contribution < 1.29 is 4.52 Å². The predicted molar refractivity (Wildman–Crippen MR) is 66.6 cm³/mol. The zero-order valence-electron chi connectivity index (χ0n) is 10.4. The van der Waals surface area contributed by atoms with Crippen molar-refractivity contribution in [2.24, 2.45) is 5.73 Å². The first-order valence-corrected chi connectivity index (χ1v) is 6.02. The molecule has 2 heterocycles. The third-order valence-electron chi connectivity index (χ3n) is 2.82. The van der Waals surface area contributed by atoms with Gasteiger partial charge in [0.25, 0.3) is 0 Å². The van der Waals surface area contributed by atoms with Gasteiger partial charge in [0.2, 0.25) is 0 Å². The number of nitrogens with zero attached hydrogens (tertiary/aromatic N) is 2. The van der Waals surface area contributed by atoms with Gasteiger partial charge in [0, 0.05) is 24.5 Å². The Bertz CT molecular complexity index is 472. The van der Waals surface area contributed by atoms with E-state index in [1.54, 1.807) is 0 Å². The molecule has 0 aliphatic carbocycles. The summed E-state index contributed by atoms with van der Waals surface area (Å²) < 4.78 is 7.26. The van der Waals surface area contributed by atoms with E-state index in [0.29, 0.717) is 6.54 Å². The van der Waals surface area contributed by atoms with Crippen molar-refractivity contribution in [2.75, 3.05) is 0 Å². The number of nitrogens with two attached hydrogens (primary N) is 1. The molecule has 1 unspecified atom stereocenters. The second-order valence-electron chi connectivity index (χ2n) is 4.45. The topological polar surface area (TPSA) is 57.0 Å². The van der Waals surface area contributed by atoms with Gasteiger partial charge in [-0.25, -0.2) is 0 Å². The van der Waals surface area contributed by atoms with Gasteiger partial charge in [-0.05, 0) is 25.0 Å². The first kappa shape index (κ1) is 11.9. The molecular weight excluding hydrogens is 214 g/mol. The normalized spacial score (nSPS) is 12.9. The average Bonchev–Trinajstić information content (AvgIpc) is 2.89. The van der Waals surface area contributed by atoms with Crippen LogP contribution < -0.4 is 5.73 Å². The van der Waals surface area contributed by atoms with Crippen LogP contribution in [0.5, 0.6) is 0 Å². The predicted octanol–water partition coefficient (Wildman–Crippen LogP) is 2.63. The Labute approximate surface area is 101 Å². The molecule has 0 radical (unpaired) electrons. The number of aromatic nitrogens is 2. The molecule has 0 aliphatic rings. The van der Waals surface area contributed by atoms with Crippen molar-refractivity contribution in [3.05, 3.63) is 41.5 Å². The van der Waals surface area contributed by atoms with Crippen LogP contribution in [0.25, 0.3) is 0 Å². The molecule has 2 N–H and O–H groups in total. The fraction of sp³-hybridized carbons (Fsp3) is 0.462. The fourth-order valence-corrected chi connectivity index (χ4v) is 1.93. The van der Waals surface area contributed by atoms with Gasteiger partial charge in [0.1, 0.15) is 0 Å². The number of aryl methyl sites for hydroxylation is 1. The zero-order valence-corrected chi connectivity index (χ0v) is 10.4.